The van der Waals surface area contributed by atoms with Crippen LogP contribution in [0.15, 0.2) is 29.2 Å². The van der Waals surface area contributed by atoms with Gasteiger partial charge in [-0.25, -0.2) is 0 Å². The van der Waals surface area contributed by atoms with Gasteiger partial charge in [-0.3, -0.25) is 9.59 Å². The van der Waals surface area contributed by atoms with E-state index in [1.165, 1.54) is 4.90 Å². The van der Waals surface area contributed by atoms with Crippen LogP contribution in [0.4, 0.5) is 0 Å². The summed E-state index contributed by atoms with van der Waals surface area (Å²) in [4.78, 5) is 23.6. The van der Waals surface area contributed by atoms with Gasteiger partial charge in [-0.1, -0.05) is 18.2 Å². The normalized spacial score (nSPS) is 16.9. The zero-order chi connectivity index (χ0) is 13.7. The van der Waals surface area contributed by atoms with Crippen LogP contribution >= 0.6 is 11.8 Å². The van der Waals surface area contributed by atoms with Gasteiger partial charge in [-0.05, 0) is 24.5 Å². The van der Waals surface area contributed by atoms with Crippen molar-refractivity contribution in [3.05, 3.63) is 29.8 Å². The third-order valence-corrected chi connectivity index (χ3v) is 4.32. The summed E-state index contributed by atoms with van der Waals surface area (Å²) >= 11 is 1.71. The minimum absolute atomic E-state index is 0.0489. The highest BCUT2D eigenvalue weighted by Crippen LogP contribution is 2.39. The summed E-state index contributed by atoms with van der Waals surface area (Å²) in [5, 5.41) is 11.4. The fourth-order valence-corrected chi connectivity index (χ4v) is 3.34. The zero-order valence-electron chi connectivity index (χ0n) is 10.6. The lowest BCUT2D eigenvalue weighted by atomic mass is 10.0. The first-order valence-corrected chi connectivity index (χ1v) is 7.38. The molecular formula is C14H17NO3S. The molecule has 19 heavy (non-hydrogen) atoms. The van der Waals surface area contributed by atoms with Gasteiger partial charge in [-0.15, -0.1) is 11.8 Å². The number of carbonyl (C=O) groups excluding carboxylic acids is 1. The number of carbonyl (C=O) groups is 2. The first-order chi connectivity index (χ1) is 9.18. The third-order valence-electron chi connectivity index (χ3n) is 3.13. The fraction of sp³-hybridized carbons (Fsp3) is 0.429. The molecule has 5 heteroatoms. The van der Waals surface area contributed by atoms with E-state index in [2.05, 4.69) is 5.32 Å². The number of carboxylic acids is 1. The molecule has 102 valence electrons. The molecule has 1 heterocycles. The maximum Gasteiger partial charge on any atom is 0.303 e. The minimum atomic E-state index is -0.785. The van der Waals surface area contributed by atoms with Crippen molar-refractivity contribution in [2.75, 3.05) is 12.3 Å². The SMILES string of the molecule is O=C(O)CCCCNC(=O)C1CSc2ccccc21. The van der Waals surface area contributed by atoms with Crippen molar-refractivity contribution in [1.29, 1.82) is 0 Å². The lowest BCUT2D eigenvalue weighted by Crippen LogP contribution is -2.30. The van der Waals surface area contributed by atoms with Crippen molar-refractivity contribution < 1.29 is 14.7 Å². The molecule has 0 spiro atoms. The standard InChI is InChI=1S/C14H17NO3S/c16-13(17)7-3-4-8-15-14(18)11-9-19-12-6-2-1-5-10(11)12/h1-2,5-6,11H,3-4,7-9H2,(H,15,18)(H,16,17). The lowest BCUT2D eigenvalue weighted by molar-refractivity contribution is -0.137. The zero-order valence-corrected chi connectivity index (χ0v) is 11.4. The summed E-state index contributed by atoms with van der Waals surface area (Å²) in [7, 11) is 0. The molecule has 2 rings (SSSR count). The summed E-state index contributed by atoms with van der Waals surface area (Å²) in [5.74, 6) is -0.0128. The second-order valence-corrected chi connectivity index (χ2v) is 5.61. The van der Waals surface area contributed by atoms with Gasteiger partial charge >= 0.3 is 5.97 Å². The molecule has 0 aliphatic carbocycles. The molecule has 0 saturated carbocycles. The van der Waals surface area contributed by atoms with Gasteiger partial charge in [0.1, 0.15) is 0 Å². The highest BCUT2D eigenvalue weighted by molar-refractivity contribution is 7.99. The Morgan fingerprint density at radius 1 is 1.32 bits per heavy atom. The van der Waals surface area contributed by atoms with E-state index in [-0.39, 0.29) is 18.2 Å². The lowest BCUT2D eigenvalue weighted by Gasteiger charge is -2.11. The predicted molar refractivity (Wildman–Crippen MR) is 74.4 cm³/mol. The van der Waals surface area contributed by atoms with Crippen molar-refractivity contribution in [2.45, 2.75) is 30.1 Å². The van der Waals surface area contributed by atoms with Crippen LogP contribution in [0.1, 0.15) is 30.7 Å². The number of rotatable bonds is 6. The molecule has 0 bridgehead atoms. The first-order valence-electron chi connectivity index (χ1n) is 6.39. The van der Waals surface area contributed by atoms with Crippen molar-refractivity contribution in [3.8, 4) is 0 Å². The summed E-state index contributed by atoms with van der Waals surface area (Å²) in [6.45, 7) is 0.551. The molecule has 1 aromatic rings. The largest absolute Gasteiger partial charge is 0.481 e. The van der Waals surface area contributed by atoms with E-state index < -0.39 is 5.97 Å². The van der Waals surface area contributed by atoms with E-state index in [0.717, 1.165) is 11.3 Å². The van der Waals surface area contributed by atoms with Crippen LogP contribution in [0, 0.1) is 0 Å². The van der Waals surface area contributed by atoms with Gasteiger partial charge in [0.05, 0.1) is 5.92 Å². The average molecular weight is 279 g/mol. The van der Waals surface area contributed by atoms with Crippen LogP contribution in [0.2, 0.25) is 0 Å². The Kier molecular flexibility index (Phi) is 4.85. The number of hydrogen-bond acceptors (Lipinski definition) is 3. The second kappa shape index (κ2) is 6.61. The van der Waals surface area contributed by atoms with Gasteiger partial charge in [0.25, 0.3) is 0 Å². The number of amides is 1. The number of fused-ring (bicyclic) bond motifs is 1. The molecule has 0 aromatic heterocycles. The van der Waals surface area contributed by atoms with Crippen LogP contribution in [-0.2, 0) is 9.59 Å². The highest BCUT2D eigenvalue weighted by Gasteiger charge is 2.28. The number of hydrogen-bond donors (Lipinski definition) is 2. The van der Waals surface area contributed by atoms with Crippen molar-refractivity contribution in [1.82, 2.24) is 5.32 Å². The number of aliphatic carboxylic acids is 1. The Bertz CT molecular complexity index is 476. The molecule has 2 N–H and O–H groups in total. The van der Waals surface area contributed by atoms with Gasteiger partial charge in [0.2, 0.25) is 5.91 Å². The highest BCUT2D eigenvalue weighted by atomic mass is 32.2. The Labute approximate surface area is 116 Å². The number of thioether (sulfide) groups is 1. The van der Waals surface area contributed by atoms with Gasteiger partial charge < -0.3 is 10.4 Å². The van der Waals surface area contributed by atoms with Gasteiger partial charge in [-0.2, -0.15) is 0 Å². The number of unbranched alkanes of at least 4 members (excludes halogenated alkanes) is 1. The minimum Gasteiger partial charge on any atom is -0.481 e. The molecule has 1 atom stereocenters. The number of benzene rings is 1. The molecule has 0 fully saturated rings. The summed E-state index contributed by atoms with van der Waals surface area (Å²) in [6, 6.07) is 7.99. The quantitative estimate of drug-likeness (QED) is 0.784. The first kappa shape index (κ1) is 13.9. The van der Waals surface area contributed by atoms with E-state index in [1.807, 2.05) is 24.3 Å². The fourth-order valence-electron chi connectivity index (χ4n) is 2.12. The van der Waals surface area contributed by atoms with Crippen LogP contribution in [0.3, 0.4) is 0 Å². The summed E-state index contributed by atoms with van der Waals surface area (Å²) in [6.07, 6.45) is 1.48. The topological polar surface area (TPSA) is 66.4 Å². The average Bonchev–Trinajstić information content (AvgIpc) is 2.81. The maximum atomic E-state index is 12.1. The maximum absolute atomic E-state index is 12.1. The molecule has 0 radical (unpaired) electrons. The molecule has 0 saturated heterocycles. The number of carboxylic acid groups (broad SMARTS) is 1. The van der Waals surface area contributed by atoms with Crippen LogP contribution in [0.5, 0.6) is 0 Å². The van der Waals surface area contributed by atoms with Crippen LogP contribution in [-0.4, -0.2) is 29.3 Å². The number of nitrogens with one attached hydrogen (secondary N) is 1. The molecule has 1 aliphatic heterocycles. The van der Waals surface area contributed by atoms with E-state index in [9.17, 15) is 9.59 Å². The van der Waals surface area contributed by atoms with Crippen molar-refractivity contribution >= 4 is 23.6 Å². The van der Waals surface area contributed by atoms with Gasteiger partial charge in [0, 0.05) is 23.6 Å². The van der Waals surface area contributed by atoms with E-state index in [4.69, 9.17) is 5.11 Å². The predicted octanol–water partition coefficient (Wildman–Crippen LogP) is 2.25. The second-order valence-electron chi connectivity index (χ2n) is 4.54. The Hall–Kier alpha value is -1.49. The van der Waals surface area contributed by atoms with E-state index in [0.29, 0.717) is 19.4 Å². The molecule has 4 nitrogen and oxygen atoms in total. The van der Waals surface area contributed by atoms with E-state index >= 15 is 0 Å². The monoisotopic (exact) mass is 279 g/mol. The Balaban J connectivity index is 1.77. The molecule has 1 aromatic carbocycles. The molecular weight excluding hydrogens is 262 g/mol. The summed E-state index contributed by atoms with van der Waals surface area (Å²) in [5.41, 5.74) is 1.11. The Morgan fingerprint density at radius 2 is 2.11 bits per heavy atom. The van der Waals surface area contributed by atoms with Crippen LogP contribution in [0.25, 0.3) is 0 Å². The summed E-state index contributed by atoms with van der Waals surface area (Å²) < 4.78 is 0. The van der Waals surface area contributed by atoms with E-state index in [1.54, 1.807) is 11.8 Å². The van der Waals surface area contributed by atoms with Crippen molar-refractivity contribution in [2.24, 2.45) is 0 Å². The molecule has 1 unspecified atom stereocenters. The van der Waals surface area contributed by atoms with Gasteiger partial charge in [0.15, 0.2) is 0 Å². The van der Waals surface area contributed by atoms with Crippen LogP contribution < -0.4 is 5.32 Å². The molecule has 1 amide bonds. The smallest absolute Gasteiger partial charge is 0.303 e. The molecule has 1 aliphatic rings. The third kappa shape index (κ3) is 3.73. The Morgan fingerprint density at radius 3 is 2.89 bits per heavy atom. The van der Waals surface area contributed by atoms with Crippen molar-refractivity contribution in [3.63, 3.8) is 0 Å².